The van der Waals surface area contributed by atoms with Crippen molar-refractivity contribution in [3.05, 3.63) is 60.2 Å². The van der Waals surface area contributed by atoms with Gasteiger partial charge in [-0.3, -0.25) is 4.79 Å². The first-order chi connectivity index (χ1) is 10.2. The lowest BCUT2D eigenvalue weighted by Gasteiger charge is -2.12. The lowest BCUT2D eigenvalue weighted by molar-refractivity contribution is -0.143. The summed E-state index contributed by atoms with van der Waals surface area (Å²) in [5.74, 6) is 1.57. The molecule has 0 N–H and O–H groups in total. The molecule has 1 atom stereocenters. The summed E-state index contributed by atoms with van der Waals surface area (Å²) in [6.07, 6.45) is 0.396. The highest BCUT2D eigenvalue weighted by Crippen LogP contribution is 2.25. The number of ether oxygens (including phenoxy) is 2. The van der Waals surface area contributed by atoms with Gasteiger partial charge >= 0.3 is 5.97 Å². The maximum Gasteiger partial charge on any atom is 0.306 e. The molecule has 2 aromatic rings. The van der Waals surface area contributed by atoms with E-state index < -0.39 is 0 Å². The number of rotatable bonds is 6. The molecule has 2 rings (SSSR count). The Bertz CT molecular complexity index is 561. The Kier molecular flexibility index (Phi) is 5.38. The molecule has 2 aromatic carbocycles. The van der Waals surface area contributed by atoms with E-state index in [4.69, 9.17) is 9.47 Å². The van der Waals surface area contributed by atoms with Gasteiger partial charge in [-0.15, -0.1) is 0 Å². The van der Waals surface area contributed by atoms with Crippen LogP contribution in [-0.2, 0) is 9.53 Å². The third-order valence-corrected chi connectivity index (χ3v) is 3.21. The minimum absolute atomic E-state index is 0.134. The van der Waals surface area contributed by atoms with E-state index in [1.54, 1.807) is 0 Å². The van der Waals surface area contributed by atoms with E-state index in [-0.39, 0.29) is 11.9 Å². The van der Waals surface area contributed by atoms with Crippen molar-refractivity contribution in [3.8, 4) is 11.5 Å². The highest BCUT2D eigenvalue weighted by Gasteiger charge is 2.12. The number of hydrogen-bond acceptors (Lipinski definition) is 3. The molecule has 1 unspecified atom stereocenters. The first-order valence-electron chi connectivity index (χ1n) is 7.17. The van der Waals surface area contributed by atoms with Crippen LogP contribution < -0.4 is 4.74 Å². The maximum atomic E-state index is 11.5. The van der Waals surface area contributed by atoms with Crippen LogP contribution in [0.2, 0.25) is 0 Å². The lowest BCUT2D eigenvalue weighted by atomic mass is 9.98. The van der Waals surface area contributed by atoms with Crippen LogP contribution in [0.15, 0.2) is 54.6 Å². The number of esters is 1. The average molecular weight is 284 g/mol. The molecular formula is C18H20O3. The van der Waals surface area contributed by atoms with Gasteiger partial charge in [-0.25, -0.2) is 0 Å². The predicted octanol–water partition coefficient (Wildman–Crippen LogP) is 4.54. The molecule has 3 nitrogen and oxygen atoms in total. The van der Waals surface area contributed by atoms with E-state index in [9.17, 15) is 4.79 Å². The SMILES string of the molecule is CCOC(=O)CC(C)c1ccc(Oc2ccccc2)cc1. The summed E-state index contributed by atoms with van der Waals surface area (Å²) in [5, 5.41) is 0. The lowest BCUT2D eigenvalue weighted by Crippen LogP contribution is -2.08. The standard InChI is InChI=1S/C18H20O3/c1-3-20-18(19)13-14(2)15-9-11-17(12-10-15)21-16-7-5-4-6-8-16/h4-12,14H,3,13H2,1-2H3. The van der Waals surface area contributed by atoms with Crippen LogP contribution in [-0.4, -0.2) is 12.6 Å². The second-order valence-corrected chi connectivity index (χ2v) is 4.89. The smallest absolute Gasteiger partial charge is 0.306 e. The molecule has 0 bridgehead atoms. The molecule has 0 aliphatic heterocycles. The zero-order valence-corrected chi connectivity index (χ0v) is 12.4. The maximum absolute atomic E-state index is 11.5. The van der Waals surface area contributed by atoms with Crippen molar-refractivity contribution in [2.24, 2.45) is 0 Å². The fourth-order valence-electron chi connectivity index (χ4n) is 2.08. The average Bonchev–Trinajstić information content (AvgIpc) is 2.49. The predicted molar refractivity (Wildman–Crippen MR) is 82.6 cm³/mol. The molecule has 0 aromatic heterocycles. The Morgan fingerprint density at radius 2 is 1.62 bits per heavy atom. The first kappa shape index (κ1) is 15.1. The topological polar surface area (TPSA) is 35.5 Å². The van der Waals surface area contributed by atoms with Gasteiger partial charge in [0.2, 0.25) is 0 Å². The van der Waals surface area contributed by atoms with Crippen LogP contribution in [0, 0.1) is 0 Å². The Balaban J connectivity index is 1.97. The van der Waals surface area contributed by atoms with Gasteiger partial charge in [0.05, 0.1) is 13.0 Å². The third-order valence-electron chi connectivity index (χ3n) is 3.21. The van der Waals surface area contributed by atoms with Crippen molar-refractivity contribution in [3.63, 3.8) is 0 Å². The van der Waals surface area contributed by atoms with Crippen molar-refractivity contribution < 1.29 is 14.3 Å². The van der Waals surface area contributed by atoms with Gasteiger partial charge in [0.15, 0.2) is 0 Å². The Morgan fingerprint density at radius 3 is 2.24 bits per heavy atom. The molecule has 0 heterocycles. The van der Waals surface area contributed by atoms with Crippen LogP contribution in [0.3, 0.4) is 0 Å². The summed E-state index contributed by atoms with van der Waals surface area (Å²) < 4.78 is 10.7. The Labute approximate surface area is 125 Å². The molecule has 21 heavy (non-hydrogen) atoms. The van der Waals surface area contributed by atoms with Crippen LogP contribution >= 0.6 is 0 Å². The minimum Gasteiger partial charge on any atom is -0.466 e. The zero-order chi connectivity index (χ0) is 15.1. The number of para-hydroxylation sites is 1. The summed E-state index contributed by atoms with van der Waals surface area (Å²) in [4.78, 5) is 11.5. The molecule has 0 aliphatic rings. The highest BCUT2D eigenvalue weighted by atomic mass is 16.5. The molecule has 110 valence electrons. The highest BCUT2D eigenvalue weighted by molar-refractivity contribution is 5.70. The second-order valence-electron chi connectivity index (χ2n) is 4.89. The van der Waals surface area contributed by atoms with Gasteiger partial charge in [-0.1, -0.05) is 37.3 Å². The largest absolute Gasteiger partial charge is 0.466 e. The van der Waals surface area contributed by atoms with Gasteiger partial charge in [0, 0.05) is 0 Å². The van der Waals surface area contributed by atoms with Crippen molar-refractivity contribution in [2.45, 2.75) is 26.2 Å². The molecule has 0 saturated heterocycles. The van der Waals surface area contributed by atoms with Gasteiger partial charge < -0.3 is 9.47 Å². The number of carbonyl (C=O) groups excluding carboxylic acids is 1. The van der Waals surface area contributed by atoms with E-state index in [1.807, 2.05) is 68.4 Å². The monoisotopic (exact) mass is 284 g/mol. The summed E-state index contributed by atoms with van der Waals surface area (Å²) >= 11 is 0. The third kappa shape index (κ3) is 4.63. The van der Waals surface area contributed by atoms with Crippen molar-refractivity contribution >= 4 is 5.97 Å². The van der Waals surface area contributed by atoms with E-state index in [1.165, 1.54) is 0 Å². The number of carbonyl (C=O) groups is 1. The van der Waals surface area contributed by atoms with Crippen LogP contribution in [0.25, 0.3) is 0 Å². The molecule has 0 fully saturated rings. The Morgan fingerprint density at radius 1 is 1.00 bits per heavy atom. The molecule has 0 saturated carbocycles. The van der Waals surface area contributed by atoms with Gasteiger partial charge in [0.1, 0.15) is 11.5 Å². The Hall–Kier alpha value is -2.29. The van der Waals surface area contributed by atoms with E-state index in [0.717, 1.165) is 17.1 Å². The molecule has 0 spiro atoms. The van der Waals surface area contributed by atoms with Crippen LogP contribution in [0.5, 0.6) is 11.5 Å². The first-order valence-corrected chi connectivity index (χ1v) is 7.17. The van der Waals surface area contributed by atoms with E-state index >= 15 is 0 Å². The zero-order valence-electron chi connectivity index (χ0n) is 12.4. The number of hydrogen-bond donors (Lipinski definition) is 0. The van der Waals surface area contributed by atoms with Crippen molar-refractivity contribution in [2.75, 3.05) is 6.61 Å². The van der Waals surface area contributed by atoms with E-state index in [2.05, 4.69) is 0 Å². The fourth-order valence-corrected chi connectivity index (χ4v) is 2.08. The molecule has 0 radical (unpaired) electrons. The molecular weight excluding hydrogens is 264 g/mol. The normalized spacial score (nSPS) is 11.7. The number of benzene rings is 2. The molecule has 3 heteroatoms. The fraction of sp³-hybridized carbons (Fsp3) is 0.278. The quantitative estimate of drug-likeness (QED) is 0.731. The van der Waals surface area contributed by atoms with Gasteiger partial charge in [0.25, 0.3) is 0 Å². The van der Waals surface area contributed by atoms with Crippen molar-refractivity contribution in [1.82, 2.24) is 0 Å². The minimum atomic E-state index is -0.158. The second kappa shape index (κ2) is 7.48. The summed E-state index contributed by atoms with van der Waals surface area (Å²) in [7, 11) is 0. The van der Waals surface area contributed by atoms with Crippen LogP contribution in [0.4, 0.5) is 0 Å². The molecule has 0 aliphatic carbocycles. The van der Waals surface area contributed by atoms with E-state index in [0.29, 0.717) is 13.0 Å². The van der Waals surface area contributed by atoms with Gasteiger partial charge in [-0.05, 0) is 42.7 Å². The summed E-state index contributed by atoms with van der Waals surface area (Å²) in [5.41, 5.74) is 1.10. The summed E-state index contributed by atoms with van der Waals surface area (Å²) in [6, 6.07) is 17.5. The van der Waals surface area contributed by atoms with Crippen LogP contribution in [0.1, 0.15) is 31.7 Å². The molecule has 0 amide bonds. The van der Waals surface area contributed by atoms with Crippen molar-refractivity contribution in [1.29, 1.82) is 0 Å². The van der Waals surface area contributed by atoms with Gasteiger partial charge in [-0.2, -0.15) is 0 Å². The summed E-state index contributed by atoms with van der Waals surface area (Å²) in [6.45, 7) is 4.26.